The van der Waals surface area contributed by atoms with Gasteiger partial charge in [0.2, 0.25) is 0 Å². The monoisotopic (exact) mass is 421 g/mol. The van der Waals surface area contributed by atoms with Crippen LogP contribution in [0.4, 0.5) is 0 Å². The van der Waals surface area contributed by atoms with Crippen molar-refractivity contribution in [3.8, 4) is 23.5 Å². The predicted octanol–water partition coefficient (Wildman–Crippen LogP) is 4.21. The van der Waals surface area contributed by atoms with Crippen molar-refractivity contribution in [2.75, 3.05) is 14.2 Å². The Morgan fingerprint density at radius 3 is 2.17 bits per heavy atom. The number of rotatable bonds is 6. The standard InChI is InChI=1S/C24H23NO4S/c1-19-9-12-22(13-10-19)30(26,27)25(16-15-20-7-5-4-6-8-20)18-21-11-14-23(28-2)24(17-21)29-3/h4-14,17H,18H2,1-3H3. The van der Waals surface area contributed by atoms with Crippen LogP contribution in [0, 0.1) is 18.9 Å². The van der Waals surface area contributed by atoms with Gasteiger partial charge in [-0.3, -0.25) is 0 Å². The Morgan fingerprint density at radius 2 is 1.53 bits per heavy atom. The summed E-state index contributed by atoms with van der Waals surface area (Å²) >= 11 is 0. The van der Waals surface area contributed by atoms with Gasteiger partial charge in [0.25, 0.3) is 10.0 Å². The van der Waals surface area contributed by atoms with Crippen LogP contribution >= 0.6 is 0 Å². The number of hydrogen-bond donors (Lipinski definition) is 0. The van der Waals surface area contributed by atoms with Crippen molar-refractivity contribution in [2.24, 2.45) is 0 Å². The maximum absolute atomic E-state index is 13.3. The summed E-state index contributed by atoms with van der Waals surface area (Å²) in [6, 6.07) is 24.1. The van der Waals surface area contributed by atoms with Crippen molar-refractivity contribution in [3.63, 3.8) is 0 Å². The summed E-state index contributed by atoms with van der Waals surface area (Å²) in [6.07, 6.45) is 0. The zero-order chi connectivity index (χ0) is 21.6. The third-order valence-electron chi connectivity index (χ3n) is 4.48. The van der Waals surface area contributed by atoms with Crippen molar-refractivity contribution in [1.29, 1.82) is 0 Å². The van der Waals surface area contributed by atoms with Gasteiger partial charge in [0.1, 0.15) is 0 Å². The van der Waals surface area contributed by atoms with Gasteiger partial charge >= 0.3 is 0 Å². The van der Waals surface area contributed by atoms with Crippen molar-refractivity contribution >= 4 is 10.0 Å². The molecule has 0 radical (unpaired) electrons. The van der Waals surface area contributed by atoms with Gasteiger partial charge < -0.3 is 9.47 Å². The van der Waals surface area contributed by atoms with Crippen molar-refractivity contribution < 1.29 is 17.9 Å². The lowest BCUT2D eigenvalue weighted by molar-refractivity contribution is 0.354. The fourth-order valence-corrected chi connectivity index (χ4v) is 4.03. The maximum Gasteiger partial charge on any atom is 0.271 e. The molecule has 0 aliphatic carbocycles. The van der Waals surface area contributed by atoms with E-state index in [1.807, 2.05) is 37.3 Å². The summed E-state index contributed by atoms with van der Waals surface area (Å²) in [4.78, 5) is 0.191. The van der Waals surface area contributed by atoms with Crippen LogP contribution in [-0.4, -0.2) is 26.9 Å². The smallest absolute Gasteiger partial charge is 0.271 e. The van der Waals surface area contributed by atoms with E-state index in [1.165, 1.54) is 7.11 Å². The third kappa shape index (κ3) is 4.94. The third-order valence-corrected chi connectivity index (χ3v) is 6.15. The van der Waals surface area contributed by atoms with E-state index in [4.69, 9.17) is 9.47 Å². The highest BCUT2D eigenvalue weighted by Crippen LogP contribution is 2.29. The summed E-state index contributed by atoms with van der Waals surface area (Å²) in [5.74, 6) is 4.04. The van der Waals surface area contributed by atoms with E-state index in [0.717, 1.165) is 21.0 Å². The lowest BCUT2D eigenvalue weighted by Crippen LogP contribution is -2.26. The lowest BCUT2D eigenvalue weighted by atomic mass is 10.2. The molecule has 0 saturated carbocycles. The SMILES string of the molecule is COc1ccc(CN(C#Cc2ccccc2)S(=O)(=O)c2ccc(C)cc2)cc1OC. The zero-order valence-corrected chi connectivity index (χ0v) is 17.9. The van der Waals surface area contributed by atoms with E-state index in [1.54, 1.807) is 49.6 Å². The Bertz CT molecular complexity index is 1160. The van der Waals surface area contributed by atoms with E-state index in [9.17, 15) is 8.42 Å². The molecule has 0 unspecified atom stereocenters. The fourth-order valence-electron chi connectivity index (χ4n) is 2.82. The van der Waals surface area contributed by atoms with Crippen LogP contribution in [0.25, 0.3) is 0 Å². The minimum atomic E-state index is -3.83. The minimum absolute atomic E-state index is 0.0659. The first kappa shape index (κ1) is 21.3. The maximum atomic E-state index is 13.3. The Balaban J connectivity index is 2.02. The summed E-state index contributed by atoms with van der Waals surface area (Å²) in [5, 5.41) is 0. The van der Waals surface area contributed by atoms with Gasteiger partial charge in [-0.25, -0.2) is 12.7 Å². The van der Waals surface area contributed by atoms with Crippen LogP contribution in [0.1, 0.15) is 16.7 Å². The number of benzene rings is 3. The number of sulfonamides is 1. The molecule has 0 aliphatic heterocycles. The minimum Gasteiger partial charge on any atom is -0.493 e. The molecule has 0 N–H and O–H groups in total. The van der Waals surface area contributed by atoms with E-state index in [-0.39, 0.29) is 11.4 Å². The van der Waals surface area contributed by atoms with E-state index in [0.29, 0.717) is 11.5 Å². The molecule has 5 nitrogen and oxygen atoms in total. The Kier molecular flexibility index (Phi) is 6.65. The number of methoxy groups -OCH3 is 2. The molecule has 0 aromatic heterocycles. The van der Waals surface area contributed by atoms with E-state index in [2.05, 4.69) is 12.0 Å². The summed E-state index contributed by atoms with van der Waals surface area (Å²) in [6.45, 7) is 1.98. The molecule has 0 bridgehead atoms. The van der Waals surface area contributed by atoms with Gasteiger partial charge in [-0.1, -0.05) is 42.0 Å². The first-order valence-corrected chi connectivity index (χ1v) is 10.7. The molecule has 0 atom stereocenters. The largest absolute Gasteiger partial charge is 0.493 e. The number of nitrogens with zero attached hydrogens (tertiary/aromatic N) is 1. The average molecular weight is 422 g/mol. The topological polar surface area (TPSA) is 55.8 Å². The highest BCUT2D eigenvalue weighted by molar-refractivity contribution is 7.89. The second-order valence-corrected chi connectivity index (χ2v) is 8.48. The number of aryl methyl sites for hydroxylation is 1. The second-order valence-electron chi connectivity index (χ2n) is 6.62. The molecular formula is C24H23NO4S. The van der Waals surface area contributed by atoms with E-state index >= 15 is 0 Å². The molecule has 3 aromatic carbocycles. The summed E-state index contributed by atoms with van der Waals surface area (Å²) in [5.41, 5.74) is 2.44. The van der Waals surface area contributed by atoms with Crippen molar-refractivity contribution in [2.45, 2.75) is 18.4 Å². The molecule has 0 fully saturated rings. The van der Waals surface area contributed by atoms with Crippen molar-refractivity contribution in [3.05, 3.63) is 89.5 Å². The molecule has 0 heterocycles. The first-order valence-electron chi connectivity index (χ1n) is 9.31. The second kappa shape index (κ2) is 9.38. The molecule has 0 saturated heterocycles. The lowest BCUT2D eigenvalue weighted by Gasteiger charge is -2.19. The molecular weight excluding hydrogens is 398 g/mol. The molecule has 3 rings (SSSR count). The van der Waals surface area contributed by atoms with Crippen LogP contribution in [-0.2, 0) is 16.6 Å². The predicted molar refractivity (Wildman–Crippen MR) is 117 cm³/mol. The molecule has 30 heavy (non-hydrogen) atoms. The highest BCUT2D eigenvalue weighted by Gasteiger charge is 2.23. The molecule has 0 aliphatic rings. The van der Waals surface area contributed by atoms with Gasteiger partial charge in [-0.05, 0) is 54.8 Å². The van der Waals surface area contributed by atoms with Crippen LogP contribution in [0.5, 0.6) is 11.5 Å². The molecule has 0 spiro atoms. The molecule has 6 heteroatoms. The normalized spacial score (nSPS) is 10.6. The van der Waals surface area contributed by atoms with Crippen LogP contribution in [0.2, 0.25) is 0 Å². The number of hydrogen-bond acceptors (Lipinski definition) is 4. The van der Waals surface area contributed by atoms with Gasteiger partial charge in [-0.2, -0.15) is 0 Å². The van der Waals surface area contributed by atoms with Gasteiger partial charge in [0.15, 0.2) is 11.5 Å². The van der Waals surface area contributed by atoms with Gasteiger partial charge in [-0.15, -0.1) is 0 Å². The van der Waals surface area contributed by atoms with Crippen LogP contribution < -0.4 is 9.47 Å². The Hall–Kier alpha value is -3.43. The zero-order valence-electron chi connectivity index (χ0n) is 17.1. The molecule has 154 valence electrons. The Labute approximate surface area is 177 Å². The van der Waals surface area contributed by atoms with Crippen LogP contribution in [0.3, 0.4) is 0 Å². The first-order chi connectivity index (χ1) is 14.4. The average Bonchev–Trinajstić information content (AvgIpc) is 2.77. The molecule has 0 amide bonds. The fraction of sp³-hybridized carbons (Fsp3) is 0.167. The van der Waals surface area contributed by atoms with Crippen LogP contribution in [0.15, 0.2) is 77.7 Å². The summed E-state index contributed by atoms with van der Waals surface area (Å²) < 4.78 is 38.4. The summed E-state index contributed by atoms with van der Waals surface area (Å²) in [7, 11) is -0.742. The Morgan fingerprint density at radius 1 is 0.867 bits per heavy atom. The number of ether oxygens (including phenoxy) is 2. The van der Waals surface area contributed by atoms with Crippen molar-refractivity contribution in [1.82, 2.24) is 4.31 Å². The van der Waals surface area contributed by atoms with Gasteiger partial charge in [0.05, 0.1) is 25.7 Å². The molecule has 3 aromatic rings. The van der Waals surface area contributed by atoms with E-state index < -0.39 is 10.0 Å². The van der Waals surface area contributed by atoms with Gasteiger partial charge in [0, 0.05) is 11.6 Å². The quantitative estimate of drug-likeness (QED) is 0.442. The highest BCUT2D eigenvalue weighted by atomic mass is 32.2.